The number of halogens is 2. The Kier molecular flexibility index (Phi) is 4.28. The molecular formula is C14H14ClFO. The van der Waals surface area contributed by atoms with Crippen molar-refractivity contribution in [3.8, 4) is 17.6 Å². The van der Waals surface area contributed by atoms with E-state index < -0.39 is 0 Å². The Hall–Kier alpha value is -1.20. The van der Waals surface area contributed by atoms with Crippen LogP contribution in [0.4, 0.5) is 4.39 Å². The van der Waals surface area contributed by atoms with E-state index in [1.807, 2.05) is 0 Å². The molecule has 0 radical (unpaired) electrons. The first kappa shape index (κ1) is 12.3. The molecule has 0 saturated heterocycles. The second-order valence-corrected chi connectivity index (χ2v) is 4.43. The van der Waals surface area contributed by atoms with E-state index in [1.54, 1.807) is 12.1 Å². The molecule has 1 aliphatic carbocycles. The zero-order chi connectivity index (χ0) is 12.1. The predicted octanol–water partition coefficient (Wildman–Crippen LogP) is 3.59. The van der Waals surface area contributed by atoms with Crippen molar-refractivity contribution in [2.24, 2.45) is 5.92 Å². The van der Waals surface area contributed by atoms with Gasteiger partial charge in [0.05, 0.1) is 12.5 Å². The summed E-state index contributed by atoms with van der Waals surface area (Å²) in [6.45, 7) is 0.577. The Morgan fingerprint density at radius 2 is 2.24 bits per heavy atom. The minimum atomic E-state index is -0.336. The van der Waals surface area contributed by atoms with Crippen molar-refractivity contribution >= 4 is 11.6 Å². The van der Waals surface area contributed by atoms with Crippen LogP contribution in [0.1, 0.15) is 24.8 Å². The second-order valence-electron chi connectivity index (χ2n) is 4.16. The van der Waals surface area contributed by atoms with Crippen molar-refractivity contribution in [1.82, 2.24) is 0 Å². The molecular weight excluding hydrogens is 239 g/mol. The van der Waals surface area contributed by atoms with E-state index in [1.165, 1.54) is 18.9 Å². The van der Waals surface area contributed by atoms with E-state index in [0.29, 0.717) is 6.61 Å². The van der Waals surface area contributed by atoms with Gasteiger partial charge in [0.15, 0.2) is 11.6 Å². The molecule has 0 bridgehead atoms. The first-order chi connectivity index (χ1) is 8.29. The fourth-order valence-electron chi connectivity index (χ4n) is 1.57. The number of hydrogen-bond donors (Lipinski definition) is 0. The number of alkyl halides is 1. The van der Waals surface area contributed by atoms with Crippen molar-refractivity contribution < 1.29 is 9.13 Å². The highest BCUT2D eigenvalue weighted by Crippen LogP contribution is 2.32. The molecule has 0 atom stereocenters. The lowest BCUT2D eigenvalue weighted by atomic mass is 10.2. The molecule has 90 valence electrons. The lowest BCUT2D eigenvalue weighted by molar-refractivity contribution is 0.288. The summed E-state index contributed by atoms with van der Waals surface area (Å²) in [6, 6.07) is 4.63. The molecule has 0 N–H and O–H groups in total. The minimum Gasteiger partial charge on any atom is -0.490 e. The molecule has 3 heteroatoms. The first-order valence-electron chi connectivity index (χ1n) is 5.77. The highest BCUT2D eigenvalue weighted by atomic mass is 35.5. The van der Waals surface area contributed by atoms with Gasteiger partial charge in [0.25, 0.3) is 0 Å². The highest BCUT2D eigenvalue weighted by molar-refractivity contribution is 6.19. The van der Waals surface area contributed by atoms with Gasteiger partial charge in [0.2, 0.25) is 0 Å². The van der Waals surface area contributed by atoms with E-state index in [9.17, 15) is 4.39 Å². The van der Waals surface area contributed by atoms with Crippen LogP contribution in [0.25, 0.3) is 0 Å². The summed E-state index contributed by atoms with van der Waals surface area (Å²) in [5.74, 6) is 6.59. The third-order valence-electron chi connectivity index (χ3n) is 2.71. The number of hydrogen-bond acceptors (Lipinski definition) is 1. The molecule has 0 amide bonds. The van der Waals surface area contributed by atoms with Gasteiger partial charge in [-0.05, 0) is 30.5 Å². The van der Waals surface area contributed by atoms with Gasteiger partial charge in [-0.3, -0.25) is 0 Å². The van der Waals surface area contributed by atoms with Gasteiger partial charge in [0.1, 0.15) is 0 Å². The molecule has 1 aromatic carbocycles. The van der Waals surface area contributed by atoms with Crippen LogP contribution >= 0.6 is 11.6 Å². The normalized spacial score (nSPS) is 14.0. The van der Waals surface area contributed by atoms with Crippen LogP contribution in [0.15, 0.2) is 18.2 Å². The highest BCUT2D eigenvalue weighted by Gasteiger charge is 2.20. The van der Waals surface area contributed by atoms with Crippen LogP contribution in [-0.2, 0) is 0 Å². The summed E-state index contributed by atoms with van der Waals surface area (Å²) in [5.41, 5.74) is 0.730. The van der Waals surface area contributed by atoms with Crippen molar-refractivity contribution in [3.63, 3.8) is 0 Å². The van der Waals surface area contributed by atoms with Gasteiger partial charge >= 0.3 is 0 Å². The van der Waals surface area contributed by atoms with Gasteiger partial charge in [-0.1, -0.05) is 24.7 Å². The summed E-state index contributed by atoms with van der Waals surface area (Å²) in [6.07, 6.45) is 3.58. The van der Waals surface area contributed by atoms with Crippen LogP contribution in [0.5, 0.6) is 5.75 Å². The van der Waals surface area contributed by atoms with Gasteiger partial charge in [0, 0.05) is 5.56 Å². The monoisotopic (exact) mass is 252 g/mol. The molecule has 0 unspecified atom stereocenters. The smallest absolute Gasteiger partial charge is 0.165 e. The first-order valence-corrected chi connectivity index (χ1v) is 6.30. The Bertz CT molecular complexity index is 443. The van der Waals surface area contributed by atoms with E-state index in [0.717, 1.165) is 17.9 Å². The van der Waals surface area contributed by atoms with E-state index in [4.69, 9.17) is 16.3 Å². The summed E-state index contributed by atoms with van der Waals surface area (Å²) < 4.78 is 18.9. The van der Waals surface area contributed by atoms with E-state index in [2.05, 4.69) is 11.8 Å². The molecule has 0 aromatic heterocycles. The van der Waals surface area contributed by atoms with E-state index in [-0.39, 0.29) is 17.4 Å². The maximum Gasteiger partial charge on any atom is 0.165 e. The zero-order valence-electron chi connectivity index (χ0n) is 9.51. The van der Waals surface area contributed by atoms with Gasteiger partial charge in [-0.15, -0.1) is 11.6 Å². The van der Waals surface area contributed by atoms with E-state index >= 15 is 0 Å². The summed E-state index contributed by atoms with van der Waals surface area (Å²) in [7, 11) is 0. The summed E-state index contributed by atoms with van der Waals surface area (Å²) in [4.78, 5) is 0. The largest absolute Gasteiger partial charge is 0.490 e. The molecule has 0 heterocycles. The molecule has 0 aliphatic heterocycles. The number of ether oxygens (including phenoxy) is 1. The van der Waals surface area contributed by atoms with Crippen molar-refractivity contribution in [2.45, 2.75) is 19.3 Å². The molecule has 2 rings (SSSR count). The Balaban J connectivity index is 1.97. The fourth-order valence-corrected chi connectivity index (χ4v) is 1.64. The molecule has 17 heavy (non-hydrogen) atoms. The Labute approximate surface area is 106 Å². The number of benzene rings is 1. The number of rotatable bonds is 4. The zero-order valence-corrected chi connectivity index (χ0v) is 10.3. The summed E-state index contributed by atoms with van der Waals surface area (Å²) >= 11 is 5.47. The third-order valence-corrected chi connectivity index (χ3v) is 2.84. The second kappa shape index (κ2) is 5.93. The fraction of sp³-hybridized carbons (Fsp3) is 0.429. The minimum absolute atomic E-state index is 0.273. The third kappa shape index (κ3) is 3.94. The standard InChI is InChI=1S/C14H14ClFO/c15-8-1-2-12-5-6-13(16)14(10-12)17-9-7-11-3-4-11/h5-6,10-11H,3-4,7-9H2. The molecule has 1 aliphatic rings. The van der Waals surface area contributed by atoms with Gasteiger partial charge in [-0.25, -0.2) is 4.39 Å². The van der Waals surface area contributed by atoms with Crippen LogP contribution in [0.3, 0.4) is 0 Å². The SMILES string of the molecule is Fc1ccc(C#CCCl)cc1OCCC1CC1. The van der Waals surface area contributed by atoms with Crippen LogP contribution in [0, 0.1) is 23.6 Å². The average Bonchev–Trinajstić information content (AvgIpc) is 3.14. The van der Waals surface area contributed by atoms with Crippen LogP contribution in [0.2, 0.25) is 0 Å². The molecule has 1 fully saturated rings. The van der Waals surface area contributed by atoms with Gasteiger partial charge < -0.3 is 4.74 Å². The lowest BCUT2D eigenvalue weighted by Gasteiger charge is -2.06. The quantitative estimate of drug-likeness (QED) is 0.588. The maximum atomic E-state index is 13.4. The maximum absolute atomic E-state index is 13.4. The summed E-state index contributed by atoms with van der Waals surface area (Å²) in [5, 5.41) is 0. The molecule has 0 spiro atoms. The molecule has 1 nitrogen and oxygen atoms in total. The van der Waals surface area contributed by atoms with Crippen molar-refractivity contribution in [2.75, 3.05) is 12.5 Å². The van der Waals surface area contributed by atoms with Crippen molar-refractivity contribution in [1.29, 1.82) is 0 Å². The predicted molar refractivity (Wildman–Crippen MR) is 66.8 cm³/mol. The van der Waals surface area contributed by atoms with Gasteiger partial charge in [-0.2, -0.15) is 0 Å². The lowest BCUT2D eigenvalue weighted by Crippen LogP contribution is -2.00. The molecule has 1 saturated carbocycles. The van der Waals surface area contributed by atoms with Crippen LogP contribution < -0.4 is 4.74 Å². The topological polar surface area (TPSA) is 9.23 Å². The Morgan fingerprint density at radius 3 is 2.94 bits per heavy atom. The molecule has 1 aromatic rings. The van der Waals surface area contributed by atoms with Crippen molar-refractivity contribution in [3.05, 3.63) is 29.6 Å². The van der Waals surface area contributed by atoms with Crippen LogP contribution in [-0.4, -0.2) is 12.5 Å². The Morgan fingerprint density at radius 1 is 1.41 bits per heavy atom. The average molecular weight is 253 g/mol.